The predicted molar refractivity (Wildman–Crippen MR) is 142 cm³/mol. The molecule has 1 aromatic rings. The van der Waals surface area contributed by atoms with Crippen LogP contribution in [0.2, 0.25) is 0 Å². The highest BCUT2D eigenvalue weighted by Crippen LogP contribution is 2.54. The molecule has 1 heterocycles. The minimum atomic E-state index is -0.925. The van der Waals surface area contributed by atoms with Gasteiger partial charge in [0.15, 0.2) is 17.3 Å². The number of carbonyl (C=O) groups is 1. The van der Waals surface area contributed by atoms with Gasteiger partial charge < -0.3 is 14.6 Å². The normalized spacial score (nSPS) is 26.9. The molecule has 0 bridgehead atoms. The van der Waals surface area contributed by atoms with Gasteiger partial charge in [-0.1, -0.05) is 30.4 Å². The van der Waals surface area contributed by atoms with E-state index in [2.05, 4.69) is 44.7 Å². The standard InChI is InChI=1S/C32H40O4/c1-5-32(34,17-16-31(2,3)4)15-14-21-6-10-26(23-8-13-28-29(19-23)36-20-35-28)30-25(21)11-7-22-18-24(33)9-12-27(22)30/h8,13,18-19,21,25-26,34H,5-7,9-12,14-15,20H2,1-4H3/t21-,25-,26+,32?/m0/s1. The van der Waals surface area contributed by atoms with Crippen LogP contribution in [0.15, 0.2) is 41.0 Å². The lowest BCUT2D eigenvalue weighted by molar-refractivity contribution is -0.114. The summed E-state index contributed by atoms with van der Waals surface area (Å²) in [6, 6.07) is 6.41. The SMILES string of the molecule is CCC(O)(C#CC(C)(C)C)CC[C@@H]1CC[C@H](c2ccc3c(c2)OCO3)C2=C3CCC(=O)C=C3CC[C@H]21. The van der Waals surface area contributed by atoms with Crippen LogP contribution in [0.3, 0.4) is 0 Å². The number of fused-ring (bicyclic) bond motifs is 3. The molecule has 36 heavy (non-hydrogen) atoms. The first kappa shape index (κ1) is 25.2. The lowest BCUT2D eigenvalue weighted by atomic mass is 9.60. The maximum Gasteiger partial charge on any atom is 0.231 e. The number of carbonyl (C=O) groups excluding carboxylic acids is 1. The molecule has 1 saturated carbocycles. The Balaban J connectivity index is 1.45. The second-order valence-electron chi connectivity index (χ2n) is 12.1. The largest absolute Gasteiger partial charge is 0.454 e. The Labute approximate surface area is 216 Å². The van der Waals surface area contributed by atoms with Crippen molar-refractivity contribution in [3.05, 3.63) is 46.6 Å². The van der Waals surface area contributed by atoms with Crippen LogP contribution < -0.4 is 9.47 Å². The number of rotatable bonds is 5. The summed E-state index contributed by atoms with van der Waals surface area (Å²) in [6.45, 7) is 8.60. The Morgan fingerprint density at radius 3 is 2.61 bits per heavy atom. The van der Waals surface area contributed by atoms with E-state index >= 15 is 0 Å². The molecule has 1 aliphatic heterocycles. The Morgan fingerprint density at radius 1 is 1.03 bits per heavy atom. The molecule has 4 aliphatic rings. The van der Waals surface area contributed by atoms with E-state index in [1.54, 1.807) is 5.57 Å². The van der Waals surface area contributed by atoms with Crippen LogP contribution in [0.25, 0.3) is 0 Å². The molecule has 4 nitrogen and oxygen atoms in total. The fourth-order valence-electron chi connectivity index (χ4n) is 6.58. The van der Waals surface area contributed by atoms with Crippen LogP contribution in [-0.4, -0.2) is 23.3 Å². The highest BCUT2D eigenvalue weighted by atomic mass is 16.7. The number of ketones is 1. The summed E-state index contributed by atoms with van der Waals surface area (Å²) in [7, 11) is 0. The van der Waals surface area contributed by atoms with Gasteiger partial charge in [-0.2, -0.15) is 0 Å². The summed E-state index contributed by atoms with van der Waals surface area (Å²) >= 11 is 0. The van der Waals surface area contributed by atoms with E-state index in [4.69, 9.17) is 9.47 Å². The van der Waals surface area contributed by atoms with E-state index in [0.717, 1.165) is 50.0 Å². The summed E-state index contributed by atoms with van der Waals surface area (Å²) in [4.78, 5) is 12.2. The van der Waals surface area contributed by atoms with Gasteiger partial charge in [0.2, 0.25) is 6.79 Å². The number of hydrogen-bond acceptors (Lipinski definition) is 4. The van der Waals surface area contributed by atoms with Gasteiger partial charge in [0.1, 0.15) is 5.60 Å². The van der Waals surface area contributed by atoms with Crippen molar-refractivity contribution in [3.8, 4) is 23.3 Å². The van der Waals surface area contributed by atoms with Crippen LogP contribution in [0.5, 0.6) is 11.5 Å². The monoisotopic (exact) mass is 488 g/mol. The first-order valence-electron chi connectivity index (χ1n) is 13.8. The second-order valence-corrected chi connectivity index (χ2v) is 12.1. The van der Waals surface area contributed by atoms with Crippen LogP contribution in [0.1, 0.15) is 97.0 Å². The maximum atomic E-state index is 12.2. The van der Waals surface area contributed by atoms with Gasteiger partial charge >= 0.3 is 0 Å². The summed E-state index contributed by atoms with van der Waals surface area (Å²) in [5, 5.41) is 11.3. The molecule has 0 radical (unpaired) electrons. The van der Waals surface area contributed by atoms with E-state index in [9.17, 15) is 9.90 Å². The average Bonchev–Trinajstić information content (AvgIpc) is 3.33. The molecule has 0 aromatic heterocycles. The quantitative estimate of drug-likeness (QED) is 0.459. The van der Waals surface area contributed by atoms with Gasteiger partial charge in [-0.25, -0.2) is 0 Å². The molecule has 3 aliphatic carbocycles. The van der Waals surface area contributed by atoms with Gasteiger partial charge in [0.25, 0.3) is 0 Å². The third-order valence-electron chi connectivity index (χ3n) is 8.57. The van der Waals surface area contributed by atoms with E-state index in [1.807, 2.05) is 19.1 Å². The molecule has 4 heteroatoms. The van der Waals surface area contributed by atoms with Gasteiger partial charge in [0, 0.05) is 17.8 Å². The topological polar surface area (TPSA) is 55.8 Å². The summed E-state index contributed by atoms with van der Waals surface area (Å²) in [5.74, 6) is 9.81. The number of benzene rings is 1. The lowest BCUT2D eigenvalue weighted by Gasteiger charge is -2.45. The van der Waals surface area contributed by atoms with E-state index in [1.165, 1.54) is 16.7 Å². The van der Waals surface area contributed by atoms with Gasteiger partial charge in [-0.3, -0.25) is 4.79 Å². The summed E-state index contributed by atoms with van der Waals surface area (Å²) < 4.78 is 11.3. The van der Waals surface area contributed by atoms with Crippen molar-refractivity contribution in [2.24, 2.45) is 17.3 Å². The van der Waals surface area contributed by atoms with Crippen molar-refractivity contribution in [2.75, 3.05) is 6.79 Å². The molecule has 0 spiro atoms. The first-order valence-corrected chi connectivity index (χ1v) is 13.8. The summed E-state index contributed by atoms with van der Waals surface area (Å²) in [5.41, 5.74) is 4.52. The maximum absolute atomic E-state index is 12.2. The second kappa shape index (κ2) is 9.75. The van der Waals surface area contributed by atoms with Crippen molar-refractivity contribution >= 4 is 5.78 Å². The zero-order valence-electron chi connectivity index (χ0n) is 22.3. The lowest BCUT2D eigenvalue weighted by Crippen LogP contribution is -2.34. The smallest absolute Gasteiger partial charge is 0.231 e. The molecular weight excluding hydrogens is 448 g/mol. The number of allylic oxidation sites excluding steroid dienone is 4. The average molecular weight is 489 g/mol. The Hall–Kier alpha value is -2.51. The van der Waals surface area contributed by atoms with Crippen molar-refractivity contribution in [2.45, 2.75) is 97.0 Å². The van der Waals surface area contributed by atoms with E-state index < -0.39 is 5.60 Å². The Bertz CT molecular complexity index is 1150. The molecule has 0 saturated heterocycles. The fourth-order valence-corrected chi connectivity index (χ4v) is 6.58. The third-order valence-corrected chi connectivity index (χ3v) is 8.57. The van der Waals surface area contributed by atoms with Crippen molar-refractivity contribution < 1.29 is 19.4 Å². The first-order chi connectivity index (χ1) is 17.2. The zero-order valence-corrected chi connectivity index (χ0v) is 22.3. The molecule has 1 N–H and O–H groups in total. The van der Waals surface area contributed by atoms with Crippen LogP contribution in [0, 0.1) is 29.1 Å². The number of aliphatic hydroxyl groups is 1. The number of hydrogen-bond donors (Lipinski definition) is 1. The van der Waals surface area contributed by atoms with Crippen LogP contribution in [0.4, 0.5) is 0 Å². The molecule has 1 aromatic carbocycles. The van der Waals surface area contributed by atoms with Crippen molar-refractivity contribution in [3.63, 3.8) is 0 Å². The highest BCUT2D eigenvalue weighted by Gasteiger charge is 2.41. The van der Waals surface area contributed by atoms with Gasteiger partial charge in [-0.15, -0.1) is 0 Å². The minimum absolute atomic E-state index is 0.117. The Morgan fingerprint density at radius 2 is 1.83 bits per heavy atom. The van der Waals surface area contributed by atoms with Crippen LogP contribution >= 0.6 is 0 Å². The Kier molecular flexibility index (Phi) is 6.81. The minimum Gasteiger partial charge on any atom is -0.454 e. The fraction of sp³-hybridized carbons (Fsp3) is 0.594. The third kappa shape index (κ3) is 5.14. The van der Waals surface area contributed by atoms with Crippen molar-refractivity contribution in [1.82, 2.24) is 0 Å². The number of ether oxygens (including phenoxy) is 2. The highest BCUT2D eigenvalue weighted by molar-refractivity contribution is 5.93. The molecule has 5 rings (SSSR count). The molecule has 0 amide bonds. The van der Waals surface area contributed by atoms with E-state index in [0.29, 0.717) is 37.0 Å². The molecule has 1 fully saturated rings. The predicted octanol–water partition coefficient (Wildman–Crippen LogP) is 6.88. The zero-order chi connectivity index (χ0) is 25.5. The van der Waals surface area contributed by atoms with Gasteiger partial charge in [0.05, 0.1) is 0 Å². The van der Waals surface area contributed by atoms with Crippen molar-refractivity contribution in [1.29, 1.82) is 0 Å². The molecular formula is C32H40O4. The van der Waals surface area contributed by atoms with Gasteiger partial charge in [-0.05, 0) is 119 Å². The van der Waals surface area contributed by atoms with E-state index in [-0.39, 0.29) is 18.0 Å². The summed E-state index contributed by atoms with van der Waals surface area (Å²) in [6.07, 6.45) is 10.0. The molecule has 4 atom stereocenters. The van der Waals surface area contributed by atoms with Crippen LogP contribution in [-0.2, 0) is 4.79 Å². The molecule has 1 unspecified atom stereocenters. The molecule has 192 valence electrons.